The summed E-state index contributed by atoms with van der Waals surface area (Å²) in [6, 6.07) is 8.86. The Morgan fingerprint density at radius 3 is 3.07 bits per heavy atom. The molecule has 1 aliphatic heterocycles. The second kappa shape index (κ2) is 3.33. The summed E-state index contributed by atoms with van der Waals surface area (Å²) >= 11 is 1.82. The van der Waals surface area contributed by atoms with E-state index < -0.39 is 0 Å². The molecule has 0 unspecified atom stereocenters. The zero-order valence-corrected chi connectivity index (χ0v) is 8.68. The van der Waals surface area contributed by atoms with Crippen LogP contribution < -0.4 is 5.32 Å². The molecule has 1 atom stereocenters. The Morgan fingerprint density at radius 2 is 2.29 bits per heavy atom. The summed E-state index contributed by atoms with van der Waals surface area (Å²) in [5.74, 6) is 0. The molecular weight excluding hydrogens is 192 g/mol. The van der Waals surface area contributed by atoms with E-state index in [1.54, 1.807) is 0 Å². The normalized spacial score (nSPS) is 21.9. The van der Waals surface area contributed by atoms with Gasteiger partial charge in [0.05, 0.1) is 16.3 Å². The molecule has 2 aromatic rings. The maximum atomic E-state index is 4.65. The molecule has 14 heavy (non-hydrogen) atoms. The maximum absolute atomic E-state index is 4.65. The van der Waals surface area contributed by atoms with Gasteiger partial charge in [-0.15, -0.1) is 11.3 Å². The number of hydrogen-bond donors (Lipinski definition) is 1. The van der Waals surface area contributed by atoms with Crippen molar-refractivity contribution >= 4 is 21.6 Å². The molecule has 2 heterocycles. The van der Waals surface area contributed by atoms with Crippen LogP contribution in [0.2, 0.25) is 0 Å². The van der Waals surface area contributed by atoms with E-state index in [4.69, 9.17) is 0 Å². The lowest BCUT2D eigenvalue weighted by atomic mass is 10.2. The van der Waals surface area contributed by atoms with Gasteiger partial charge >= 0.3 is 0 Å². The van der Waals surface area contributed by atoms with Gasteiger partial charge in [-0.2, -0.15) is 0 Å². The summed E-state index contributed by atoms with van der Waals surface area (Å²) in [5.41, 5.74) is 1.14. The van der Waals surface area contributed by atoms with E-state index in [0.29, 0.717) is 6.04 Å². The topological polar surface area (TPSA) is 24.9 Å². The van der Waals surface area contributed by atoms with Gasteiger partial charge < -0.3 is 5.32 Å². The van der Waals surface area contributed by atoms with Gasteiger partial charge in [-0.05, 0) is 31.5 Å². The average molecular weight is 204 g/mol. The molecule has 0 spiro atoms. The monoisotopic (exact) mass is 204 g/mol. The van der Waals surface area contributed by atoms with Crippen LogP contribution in [0.3, 0.4) is 0 Å². The van der Waals surface area contributed by atoms with E-state index in [0.717, 1.165) is 12.1 Å². The molecule has 2 nitrogen and oxygen atoms in total. The van der Waals surface area contributed by atoms with Crippen molar-refractivity contribution in [3.63, 3.8) is 0 Å². The largest absolute Gasteiger partial charge is 0.308 e. The second-order valence-electron chi connectivity index (χ2n) is 3.67. The number of nitrogens with zero attached hydrogens (tertiary/aromatic N) is 1. The van der Waals surface area contributed by atoms with Crippen LogP contribution in [0.1, 0.15) is 23.9 Å². The Bertz CT molecular complexity index is 410. The first-order chi connectivity index (χ1) is 6.93. The van der Waals surface area contributed by atoms with Crippen molar-refractivity contribution in [2.75, 3.05) is 6.54 Å². The van der Waals surface area contributed by atoms with E-state index in [2.05, 4.69) is 28.5 Å². The van der Waals surface area contributed by atoms with Crippen molar-refractivity contribution in [3.05, 3.63) is 29.3 Å². The summed E-state index contributed by atoms with van der Waals surface area (Å²) in [7, 11) is 0. The highest BCUT2D eigenvalue weighted by atomic mass is 32.1. The maximum Gasteiger partial charge on any atom is 0.111 e. The van der Waals surface area contributed by atoms with Crippen LogP contribution >= 0.6 is 11.3 Å². The van der Waals surface area contributed by atoms with Crippen molar-refractivity contribution in [2.24, 2.45) is 0 Å². The Labute approximate surface area is 87.0 Å². The first-order valence-corrected chi connectivity index (χ1v) is 5.84. The highest BCUT2D eigenvalue weighted by molar-refractivity contribution is 7.18. The molecule has 0 saturated carbocycles. The Morgan fingerprint density at radius 1 is 1.36 bits per heavy atom. The predicted molar refractivity (Wildman–Crippen MR) is 59.6 cm³/mol. The predicted octanol–water partition coefficient (Wildman–Crippen LogP) is 2.72. The smallest absolute Gasteiger partial charge is 0.111 e. The third-order valence-corrected chi connectivity index (χ3v) is 3.82. The van der Waals surface area contributed by atoms with Crippen LogP contribution in [-0.2, 0) is 0 Å². The first-order valence-electron chi connectivity index (χ1n) is 5.02. The Hall–Kier alpha value is -0.930. The number of para-hydroxylation sites is 1. The van der Waals surface area contributed by atoms with Gasteiger partial charge in [0.25, 0.3) is 0 Å². The number of nitrogens with one attached hydrogen (secondary N) is 1. The van der Waals surface area contributed by atoms with Crippen molar-refractivity contribution in [1.29, 1.82) is 0 Å². The minimum atomic E-state index is 0.507. The van der Waals surface area contributed by atoms with Gasteiger partial charge in [0, 0.05) is 0 Å². The van der Waals surface area contributed by atoms with Gasteiger partial charge in [-0.1, -0.05) is 12.1 Å². The van der Waals surface area contributed by atoms with E-state index in [-0.39, 0.29) is 0 Å². The van der Waals surface area contributed by atoms with E-state index in [9.17, 15) is 0 Å². The number of fused-ring (bicyclic) bond motifs is 1. The van der Waals surface area contributed by atoms with Gasteiger partial charge in [0.2, 0.25) is 0 Å². The van der Waals surface area contributed by atoms with Crippen LogP contribution in [0.4, 0.5) is 0 Å². The van der Waals surface area contributed by atoms with Gasteiger partial charge in [-0.25, -0.2) is 4.98 Å². The number of benzene rings is 1. The molecule has 0 radical (unpaired) electrons. The Balaban J connectivity index is 2.05. The molecule has 1 aliphatic rings. The second-order valence-corrected chi connectivity index (χ2v) is 4.73. The first kappa shape index (κ1) is 8.38. The van der Waals surface area contributed by atoms with Crippen molar-refractivity contribution in [2.45, 2.75) is 18.9 Å². The Kier molecular flexibility index (Phi) is 2.00. The summed E-state index contributed by atoms with van der Waals surface area (Å²) in [5, 5.41) is 4.74. The fourth-order valence-electron chi connectivity index (χ4n) is 1.93. The summed E-state index contributed by atoms with van der Waals surface area (Å²) in [6.07, 6.45) is 2.51. The van der Waals surface area contributed by atoms with E-state index in [1.165, 1.54) is 22.5 Å². The third-order valence-electron chi connectivity index (χ3n) is 2.67. The third kappa shape index (κ3) is 1.33. The van der Waals surface area contributed by atoms with Gasteiger partial charge in [0.15, 0.2) is 0 Å². The summed E-state index contributed by atoms with van der Waals surface area (Å²) < 4.78 is 1.30. The molecule has 1 fully saturated rings. The zero-order chi connectivity index (χ0) is 9.38. The van der Waals surface area contributed by atoms with Crippen LogP contribution in [0.5, 0.6) is 0 Å². The minimum absolute atomic E-state index is 0.507. The van der Waals surface area contributed by atoms with Crippen molar-refractivity contribution in [1.82, 2.24) is 10.3 Å². The lowest BCUT2D eigenvalue weighted by Crippen LogP contribution is -2.12. The lowest BCUT2D eigenvalue weighted by molar-refractivity contribution is 0.644. The molecule has 0 bridgehead atoms. The van der Waals surface area contributed by atoms with E-state index in [1.807, 2.05) is 17.4 Å². The number of aromatic nitrogens is 1. The number of hydrogen-bond acceptors (Lipinski definition) is 3. The molecule has 1 saturated heterocycles. The molecule has 1 aromatic carbocycles. The lowest BCUT2D eigenvalue weighted by Gasteiger charge is -2.03. The summed E-state index contributed by atoms with van der Waals surface area (Å²) in [6.45, 7) is 1.14. The molecule has 1 aromatic heterocycles. The zero-order valence-electron chi connectivity index (χ0n) is 7.86. The quantitative estimate of drug-likeness (QED) is 0.772. The molecular formula is C11H12N2S. The SMILES string of the molecule is c1ccc2sc([C@H]3CCCN3)nc2c1. The van der Waals surface area contributed by atoms with Crippen LogP contribution in [0.25, 0.3) is 10.2 Å². The van der Waals surface area contributed by atoms with Crippen molar-refractivity contribution < 1.29 is 0 Å². The fourth-order valence-corrected chi connectivity index (χ4v) is 3.01. The van der Waals surface area contributed by atoms with Crippen LogP contribution in [0.15, 0.2) is 24.3 Å². The number of thiazole rings is 1. The van der Waals surface area contributed by atoms with Crippen LogP contribution in [-0.4, -0.2) is 11.5 Å². The van der Waals surface area contributed by atoms with Crippen molar-refractivity contribution in [3.8, 4) is 0 Å². The van der Waals surface area contributed by atoms with Gasteiger partial charge in [0.1, 0.15) is 5.01 Å². The molecule has 72 valence electrons. The minimum Gasteiger partial charge on any atom is -0.308 e. The highest BCUT2D eigenvalue weighted by Crippen LogP contribution is 2.30. The highest BCUT2D eigenvalue weighted by Gasteiger charge is 2.19. The fraction of sp³-hybridized carbons (Fsp3) is 0.364. The standard InChI is InChI=1S/C11H12N2S/c1-2-6-10-8(4-1)13-11(14-10)9-5-3-7-12-9/h1-2,4,6,9,12H,3,5,7H2/t9-/m1/s1. The van der Waals surface area contributed by atoms with Crippen LogP contribution in [0, 0.1) is 0 Å². The molecule has 0 aliphatic carbocycles. The summed E-state index contributed by atoms with van der Waals surface area (Å²) in [4.78, 5) is 4.65. The molecule has 1 N–H and O–H groups in total. The molecule has 0 amide bonds. The molecule has 3 rings (SSSR count). The van der Waals surface area contributed by atoms with Gasteiger partial charge in [-0.3, -0.25) is 0 Å². The molecule has 3 heteroatoms. The number of rotatable bonds is 1. The average Bonchev–Trinajstić information content (AvgIpc) is 2.86. The van der Waals surface area contributed by atoms with E-state index >= 15 is 0 Å².